The molecule has 28 heavy (non-hydrogen) atoms. The molecule has 4 rings (SSSR count). The topological polar surface area (TPSA) is 74.6 Å². The first kappa shape index (κ1) is 17.9. The van der Waals surface area contributed by atoms with E-state index in [4.69, 9.17) is 14.2 Å². The van der Waals surface area contributed by atoms with Crippen LogP contribution >= 0.6 is 0 Å². The minimum absolute atomic E-state index is 0.0631. The van der Waals surface area contributed by atoms with E-state index in [2.05, 4.69) is 10.4 Å². The lowest BCUT2D eigenvalue weighted by molar-refractivity contribution is -0.118. The van der Waals surface area contributed by atoms with Crippen LogP contribution in [-0.2, 0) is 11.3 Å². The van der Waals surface area contributed by atoms with E-state index < -0.39 is 0 Å². The van der Waals surface area contributed by atoms with Crippen LogP contribution in [-0.4, -0.2) is 35.0 Å². The van der Waals surface area contributed by atoms with Crippen LogP contribution in [0.15, 0.2) is 60.9 Å². The molecule has 1 atom stereocenters. The molecule has 1 aliphatic heterocycles. The summed E-state index contributed by atoms with van der Waals surface area (Å²) in [5, 5.41) is 7.06. The Hall–Kier alpha value is -3.48. The number of hydrogen-bond acceptors (Lipinski definition) is 5. The van der Waals surface area contributed by atoms with Gasteiger partial charge in [0.2, 0.25) is 0 Å². The second kappa shape index (κ2) is 8.04. The van der Waals surface area contributed by atoms with Crippen LogP contribution in [0.25, 0.3) is 0 Å². The molecule has 0 aliphatic carbocycles. The third-order valence-electron chi connectivity index (χ3n) is 4.33. The highest BCUT2D eigenvalue weighted by Crippen LogP contribution is 2.31. The van der Waals surface area contributed by atoms with E-state index >= 15 is 0 Å². The third-order valence-corrected chi connectivity index (χ3v) is 4.33. The van der Waals surface area contributed by atoms with Gasteiger partial charge in [0.15, 0.2) is 24.2 Å². The number of hydrogen-bond donors (Lipinski definition) is 1. The van der Waals surface area contributed by atoms with Crippen molar-refractivity contribution in [3.63, 3.8) is 0 Å². The van der Waals surface area contributed by atoms with Crippen molar-refractivity contribution in [2.45, 2.75) is 19.6 Å². The maximum Gasteiger partial charge on any atom is 0.262 e. The van der Waals surface area contributed by atoms with E-state index in [-0.39, 0.29) is 18.6 Å². The highest BCUT2D eigenvalue weighted by atomic mass is 16.6. The molecule has 0 spiro atoms. The number of para-hydroxylation sites is 3. The van der Waals surface area contributed by atoms with E-state index in [1.807, 2.05) is 55.5 Å². The molecule has 2 heterocycles. The van der Waals surface area contributed by atoms with Gasteiger partial charge in [-0.1, -0.05) is 30.3 Å². The first-order chi connectivity index (χ1) is 13.7. The Morgan fingerprint density at radius 3 is 2.86 bits per heavy atom. The van der Waals surface area contributed by atoms with Crippen LogP contribution in [0.2, 0.25) is 0 Å². The summed E-state index contributed by atoms with van der Waals surface area (Å²) in [6, 6.07) is 15.2. The van der Waals surface area contributed by atoms with Gasteiger partial charge >= 0.3 is 0 Å². The molecule has 1 unspecified atom stereocenters. The van der Waals surface area contributed by atoms with Gasteiger partial charge in [-0.2, -0.15) is 5.10 Å². The number of nitrogens with one attached hydrogen (secondary N) is 1. The highest BCUT2D eigenvalue weighted by molar-refractivity contribution is 5.91. The summed E-state index contributed by atoms with van der Waals surface area (Å²) in [4.78, 5) is 12.1. The van der Waals surface area contributed by atoms with Crippen LogP contribution in [0.3, 0.4) is 0 Å². The zero-order valence-corrected chi connectivity index (χ0v) is 15.5. The van der Waals surface area contributed by atoms with Crippen LogP contribution in [0, 0.1) is 6.92 Å². The quantitative estimate of drug-likeness (QED) is 0.713. The van der Waals surface area contributed by atoms with Gasteiger partial charge in [-0.3, -0.25) is 9.48 Å². The molecule has 1 aliphatic rings. The molecule has 7 heteroatoms. The average molecular weight is 379 g/mol. The van der Waals surface area contributed by atoms with Gasteiger partial charge in [0.05, 0.1) is 18.4 Å². The summed E-state index contributed by atoms with van der Waals surface area (Å²) in [6.45, 7) is 2.84. The number of nitrogens with zero attached hydrogens (tertiary/aromatic N) is 2. The molecule has 0 bridgehead atoms. The van der Waals surface area contributed by atoms with Crippen LogP contribution in [0.4, 0.5) is 5.69 Å². The smallest absolute Gasteiger partial charge is 0.262 e. The average Bonchev–Trinajstić information content (AvgIpc) is 3.14. The second-order valence-electron chi connectivity index (χ2n) is 6.55. The largest absolute Gasteiger partial charge is 0.486 e. The Balaban J connectivity index is 1.29. The zero-order valence-electron chi connectivity index (χ0n) is 15.5. The summed E-state index contributed by atoms with van der Waals surface area (Å²) in [5.74, 6) is 1.94. The van der Waals surface area contributed by atoms with Crippen LogP contribution in [0.1, 0.15) is 5.56 Å². The van der Waals surface area contributed by atoms with Crippen molar-refractivity contribution in [2.75, 3.05) is 18.5 Å². The normalized spacial score (nSPS) is 15.1. The number of aryl methyl sites for hydroxylation is 1. The molecule has 0 fully saturated rings. The number of amides is 1. The predicted octanol–water partition coefficient (Wildman–Crippen LogP) is 3.05. The molecule has 0 saturated heterocycles. The lowest BCUT2D eigenvalue weighted by atomic mass is 10.2. The van der Waals surface area contributed by atoms with Crippen molar-refractivity contribution in [3.05, 3.63) is 66.5 Å². The molecule has 3 aromatic rings. The van der Waals surface area contributed by atoms with Crippen molar-refractivity contribution >= 4 is 11.6 Å². The van der Waals surface area contributed by atoms with Crippen molar-refractivity contribution < 1.29 is 19.0 Å². The number of aromatic nitrogens is 2. The lowest BCUT2D eigenvalue weighted by Gasteiger charge is -2.26. The Kier molecular flexibility index (Phi) is 5.14. The number of carbonyl (C=O) groups excluding carboxylic acids is 1. The van der Waals surface area contributed by atoms with Crippen LogP contribution < -0.4 is 19.5 Å². The molecule has 0 saturated carbocycles. The van der Waals surface area contributed by atoms with Crippen molar-refractivity contribution in [3.8, 4) is 17.2 Å². The van der Waals surface area contributed by atoms with Gasteiger partial charge in [-0.05, 0) is 30.7 Å². The van der Waals surface area contributed by atoms with Crippen molar-refractivity contribution in [1.29, 1.82) is 0 Å². The molecule has 1 amide bonds. The Labute approximate surface area is 162 Å². The fourth-order valence-electron chi connectivity index (χ4n) is 2.95. The predicted molar refractivity (Wildman–Crippen MR) is 104 cm³/mol. The second-order valence-corrected chi connectivity index (χ2v) is 6.55. The third kappa shape index (κ3) is 4.25. The van der Waals surface area contributed by atoms with Gasteiger partial charge in [0.1, 0.15) is 12.4 Å². The van der Waals surface area contributed by atoms with Gasteiger partial charge in [-0.15, -0.1) is 0 Å². The minimum atomic E-state index is -0.242. The zero-order chi connectivity index (χ0) is 19.3. The SMILES string of the molecule is Cc1ccccc1OCC(=O)Nc1cnn(CC2COc3ccccc3O2)c1. The number of carbonyl (C=O) groups is 1. The Morgan fingerprint density at radius 1 is 1.21 bits per heavy atom. The van der Waals surface area contributed by atoms with E-state index in [0.29, 0.717) is 24.6 Å². The number of ether oxygens (including phenoxy) is 3. The summed E-state index contributed by atoms with van der Waals surface area (Å²) in [6.07, 6.45) is 3.21. The lowest BCUT2D eigenvalue weighted by Crippen LogP contribution is -2.33. The minimum Gasteiger partial charge on any atom is -0.486 e. The summed E-state index contributed by atoms with van der Waals surface area (Å²) in [7, 11) is 0. The van der Waals surface area contributed by atoms with Gasteiger partial charge in [0.25, 0.3) is 5.91 Å². The maximum absolute atomic E-state index is 12.1. The number of benzene rings is 2. The maximum atomic E-state index is 12.1. The van der Waals surface area contributed by atoms with E-state index in [1.54, 1.807) is 17.1 Å². The van der Waals surface area contributed by atoms with Gasteiger partial charge in [0, 0.05) is 6.20 Å². The molecular formula is C21H21N3O4. The van der Waals surface area contributed by atoms with Crippen molar-refractivity contribution in [2.24, 2.45) is 0 Å². The molecule has 144 valence electrons. The standard InChI is InChI=1S/C21H21N3O4/c1-15-6-2-3-7-18(15)27-14-21(25)23-16-10-22-24(11-16)12-17-13-26-19-8-4-5-9-20(19)28-17/h2-11,17H,12-14H2,1H3,(H,23,25). The first-order valence-corrected chi connectivity index (χ1v) is 9.06. The first-order valence-electron chi connectivity index (χ1n) is 9.06. The molecule has 2 aromatic carbocycles. The number of rotatable bonds is 6. The Morgan fingerprint density at radius 2 is 2.00 bits per heavy atom. The summed E-state index contributed by atoms with van der Waals surface area (Å²) < 4.78 is 18.9. The molecule has 1 N–H and O–H groups in total. The molecular weight excluding hydrogens is 358 g/mol. The van der Waals surface area contributed by atoms with E-state index in [1.165, 1.54) is 0 Å². The monoisotopic (exact) mass is 379 g/mol. The summed E-state index contributed by atoms with van der Waals surface area (Å²) in [5.41, 5.74) is 1.59. The molecule has 1 aromatic heterocycles. The molecule has 7 nitrogen and oxygen atoms in total. The fraction of sp³-hybridized carbons (Fsp3) is 0.238. The van der Waals surface area contributed by atoms with Crippen molar-refractivity contribution in [1.82, 2.24) is 9.78 Å². The fourth-order valence-corrected chi connectivity index (χ4v) is 2.95. The van der Waals surface area contributed by atoms with E-state index in [0.717, 1.165) is 17.1 Å². The summed E-state index contributed by atoms with van der Waals surface area (Å²) >= 11 is 0. The van der Waals surface area contributed by atoms with Crippen LogP contribution in [0.5, 0.6) is 17.2 Å². The van der Waals surface area contributed by atoms with Gasteiger partial charge in [-0.25, -0.2) is 0 Å². The molecule has 0 radical (unpaired) electrons. The number of fused-ring (bicyclic) bond motifs is 1. The highest BCUT2D eigenvalue weighted by Gasteiger charge is 2.21. The van der Waals surface area contributed by atoms with E-state index in [9.17, 15) is 4.79 Å². The number of anilines is 1. The Bertz CT molecular complexity index is 970. The van der Waals surface area contributed by atoms with Gasteiger partial charge < -0.3 is 19.5 Å².